The Bertz CT molecular complexity index is 422. The molecule has 0 saturated heterocycles. The molecular formula is C11H13FN2O2. The van der Waals surface area contributed by atoms with Crippen LogP contribution in [0.4, 0.5) is 15.8 Å². The van der Waals surface area contributed by atoms with Gasteiger partial charge in [-0.2, -0.15) is 0 Å². The number of benzene rings is 1. The zero-order chi connectivity index (χ0) is 11.7. The van der Waals surface area contributed by atoms with Crippen molar-refractivity contribution in [2.75, 3.05) is 11.9 Å². The highest BCUT2D eigenvalue weighted by molar-refractivity contribution is 5.61. The van der Waals surface area contributed by atoms with Crippen molar-refractivity contribution in [2.45, 2.75) is 13.3 Å². The third kappa shape index (κ3) is 2.29. The van der Waals surface area contributed by atoms with E-state index in [-0.39, 0.29) is 11.4 Å². The fourth-order valence-electron chi connectivity index (χ4n) is 1.73. The third-order valence-corrected chi connectivity index (χ3v) is 2.99. The van der Waals surface area contributed by atoms with Gasteiger partial charge in [0.15, 0.2) is 0 Å². The van der Waals surface area contributed by atoms with Gasteiger partial charge in [-0.05, 0) is 24.3 Å². The molecule has 16 heavy (non-hydrogen) atoms. The molecule has 1 fully saturated rings. The number of nitrogens with zero attached hydrogens (tertiary/aromatic N) is 1. The molecule has 0 aliphatic heterocycles. The quantitative estimate of drug-likeness (QED) is 0.632. The summed E-state index contributed by atoms with van der Waals surface area (Å²) in [6.07, 6.45) is 1.14. The standard InChI is InChI=1S/C11H13FN2O2/c1-7-4-8(7)6-13-10-5-9(12)2-3-11(10)14(15)16/h2-3,5,7-8,13H,4,6H2,1H3. The molecule has 1 aromatic carbocycles. The SMILES string of the molecule is CC1CC1CNc1cc(F)ccc1[N+](=O)[O-]. The summed E-state index contributed by atoms with van der Waals surface area (Å²) >= 11 is 0. The smallest absolute Gasteiger partial charge is 0.292 e. The maximum atomic E-state index is 13.0. The van der Waals surface area contributed by atoms with E-state index in [1.165, 1.54) is 12.1 Å². The Balaban J connectivity index is 2.10. The van der Waals surface area contributed by atoms with E-state index in [9.17, 15) is 14.5 Å². The molecule has 1 aromatic rings. The number of hydrogen-bond donors (Lipinski definition) is 1. The Kier molecular flexibility index (Phi) is 2.77. The number of anilines is 1. The number of nitro groups is 1. The molecule has 0 spiro atoms. The van der Waals surface area contributed by atoms with Crippen molar-refractivity contribution in [2.24, 2.45) is 11.8 Å². The van der Waals surface area contributed by atoms with Crippen LogP contribution in [0.25, 0.3) is 0 Å². The zero-order valence-corrected chi connectivity index (χ0v) is 8.94. The van der Waals surface area contributed by atoms with Gasteiger partial charge < -0.3 is 5.32 Å². The summed E-state index contributed by atoms with van der Waals surface area (Å²) < 4.78 is 13.0. The fraction of sp³-hybridized carbons (Fsp3) is 0.455. The normalized spacial score (nSPS) is 22.9. The third-order valence-electron chi connectivity index (χ3n) is 2.99. The van der Waals surface area contributed by atoms with Crippen molar-refractivity contribution < 1.29 is 9.31 Å². The second-order valence-corrected chi connectivity index (χ2v) is 4.27. The van der Waals surface area contributed by atoms with Crippen molar-refractivity contribution in [1.29, 1.82) is 0 Å². The molecular weight excluding hydrogens is 211 g/mol. The minimum Gasteiger partial charge on any atom is -0.379 e. The van der Waals surface area contributed by atoms with Gasteiger partial charge in [-0.3, -0.25) is 10.1 Å². The van der Waals surface area contributed by atoms with E-state index in [1.807, 2.05) is 0 Å². The molecule has 0 radical (unpaired) electrons. The van der Waals surface area contributed by atoms with E-state index < -0.39 is 10.7 Å². The lowest BCUT2D eigenvalue weighted by Crippen LogP contribution is -2.06. The molecule has 2 rings (SSSR count). The molecule has 2 atom stereocenters. The summed E-state index contributed by atoms with van der Waals surface area (Å²) in [6.45, 7) is 2.80. The van der Waals surface area contributed by atoms with Crippen LogP contribution in [0.2, 0.25) is 0 Å². The monoisotopic (exact) mass is 224 g/mol. The molecule has 1 aliphatic rings. The maximum Gasteiger partial charge on any atom is 0.292 e. The van der Waals surface area contributed by atoms with Crippen molar-refractivity contribution in [3.63, 3.8) is 0 Å². The predicted molar refractivity (Wildman–Crippen MR) is 58.8 cm³/mol. The zero-order valence-electron chi connectivity index (χ0n) is 8.94. The Morgan fingerprint density at radius 1 is 1.62 bits per heavy atom. The van der Waals surface area contributed by atoms with Crippen LogP contribution >= 0.6 is 0 Å². The van der Waals surface area contributed by atoms with Gasteiger partial charge in [0, 0.05) is 18.7 Å². The first-order valence-electron chi connectivity index (χ1n) is 5.25. The van der Waals surface area contributed by atoms with Gasteiger partial charge in [0.1, 0.15) is 11.5 Å². The van der Waals surface area contributed by atoms with Crippen molar-refractivity contribution >= 4 is 11.4 Å². The Labute approximate surface area is 92.6 Å². The van der Waals surface area contributed by atoms with Gasteiger partial charge >= 0.3 is 0 Å². The van der Waals surface area contributed by atoms with E-state index in [2.05, 4.69) is 12.2 Å². The Hall–Kier alpha value is -1.65. The highest BCUT2D eigenvalue weighted by Crippen LogP contribution is 2.38. The minimum absolute atomic E-state index is 0.0743. The van der Waals surface area contributed by atoms with Crippen LogP contribution in [-0.4, -0.2) is 11.5 Å². The van der Waals surface area contributed by atoms with E-state index in [4.69, 9.17) is 0 Å². The summed E-state index contributed by atoms with van der Waals surface area (Å²) in [7, 11) is 0. The van der Waals surface area contributed by atoms with Gasteiger partial charge in [0.2, 0.25) is 0 Å². The van der Waals surface area contributed by atoms with Crippen LogP contribution in [0.3, 0.4) is 0 Å². The summed E-state index contributed by atoms with van der Waals surface area (Å²) in [5.41, 5.74) is 0.193. The van der Waals surface area contributed by atoms with Crippen molar-refractivity contribution in [3.8, 4) is 0 Å². The van der Waals surface area contributed by atoms with Crippen molar-refractivity contribution in [3.05, 3.63) is 34.1 Å². The second-order valence-electron chi connectivity index (χ2n) is 4.27. The van der Waals surface area contributed by atoms with E-state index in [1.54, 1.807) is 0 Å². The average Bonchev–Trinajstić information content (AvgIpc) is 2.91. The lowest BCUT2D eigenvalue weighted by molar-refractivity contribution is -0.384. The summed E-state index contributed by atoms with van der Waals surface area (Å²) in [4.78, 5) is 10.2. The van der Waals surface area contributed by atoms with Gasteiger partial charge in [-0.15, -0.1) is 0 Å². The van der Waals surface area contributed by atoms with Crippen LogP contribution in [0, 0.1) is 27.8 Å². The summed E-state index contributed by atoms with van der Waals surface area (Å²) in [5, 5.41) is 13.6. The molecule has 2 unspecified atom stereocenters. The molecule has 1 N–H and O–H groups in total. The topological polar surface area (TPSA) is 55.2 Å². The lowest BCUT2D eigenvalue weighted by atomic mass is 10.2. The van der Waals surface area contributed by atoms with Gasteiger partial charge in [0.05, 0.1) is 4.92 Å². The number of nitro benzene ring substituents is 1. The molecule has 0 amide bonds. The summed E-state index contributed by atoms with van der Waals surface area (Å²) in [5.74, 6) is 0.764. The van der Waals surface area contributed by atoms with Gasteiger partial charge in [-0.1, -0.05) is 6.92 Å². The van der Waals surface area contributed by atoms with Crippen LogP contribution in [0.5, 0.6) is 0 Å². The van der Waals surface area contributed by atoms with Crippen LogP contribution in [-0.2, 0) is 0 Å². The molecule has 5 heteroatoms. The number of nitrogens with one attached hydrogen (secondary N) is 1. The number of hydrogen-bond acceptors (Lipinski definition) is 3. The Morgan fingerprint density at radius 2 is 2.31 bits per heavy atom. The molecule has 0 bridgehead atoms. The van der Waals surface area contributed by atoms with Gasteiger partial charge in [0.25, 0.3) is 5.69 Å². The van der Waals surface area contributed by atoms with E-state index >= 15 is 0 Å². The number of rotatable bonds is 4. The second kappa shape index (κ2) is 4.08. The highest BCUT2D eigenvalue weighted by Gasteiger charge is 2.32. The predicted octanol–water partition coefficient (Wildman–Crippen LogP) is 2.80. The molecule has 0 heterocycles. The van der Waals surface area contributed by atoms with Crippen LogP contribution in [0.1, 0.15) is 13.3 Å². The first-order chi connectivity index (χ1) is 7.58. The molecule has 0 aromatic heterocycles. The lowest BCUT2D eigenvalue weighted by Gasteiger charge is -2.06. The van der Waals surface area contributed by atoms with E-state index in [0.29, 0.717) is 18.4 Å². The maximum absolute atomic E-state index is 13.0. The largest absolute Gasteiger partial charge is 0.379 e. The van der Waals surface area contributed by atoms with Crippen LogP contribution in [0.15, 0.2) is 18.2 Å². The molecule has 86 valence electrons. The molecule has 4 nitrogen and oxygen atoms in total. The number of halogens is 1. The Morgan fingerprint density at radius 3 is 2.88 bits per heavy atom. The van der Waals surface area contributed by atoms with Crippen LogP contribution < -0.4 is 5.32 Å². The minimum atomic E-state index is -0.502. The average molecular weight is 224 g/mol. The van der Waals surface area contributed by atoms with Crippen molar-refractivity contribution in [1.82, 2.24) is 0 Å². The highest BCUT2D eigenvalue weighted by atomic mass is 19.1. The fourth-order valence-corrected chi connectivity index (χ4v) is 1.73. The van der Waals surface area contributed by atoms with Gasteiger partial charge in [-0.25, -0.2) is 4.39 Å². The summed E-state index contributed by atoms with van der Waals surface area (Å²) in [6, 6.07) is 3.46. The first-order valence-corrected chi connectivity index (χ1v) is 5.25. The molecule has 1 saturated carbocycles. The van der Waals surface area contributed by atoms with E-state index in [0.717, 1.165) is 12.5 Å². The molecule has 1 aliphatic carbocycles. The first kappa shape index (κ1) is 10.9.